The van der Waals surface area contributed by atoms with Crippen molar-refractivity contribution >= 4 is 0 Å². The summed E-state index contributed by atoms with van der Waals surface area (Å²) in [6.45, 7) is 3.43. The largest absolute Gasteiger partial charge is 0.493 e. The molecule has 2 N–H and O–H groups in total. The third kappa shape index (κ3) is 3.56. The van der Waals surface area contributed by atoms with Crippen LogP contribution >= 0.6 is 0 Å². The van der Waals surface area contributed by atoms with E-state index in [9.17, 15) is 0 Å². The van der Waals surface area contributed by atoms with Crippen molar-refractivity contribution in [3.8, 4) is 28.7 Å². The Kier molecular flexibility index (Phi) is 5.69. The monoisotopic (exact) mass is 400 g/mol. The Morgan fingerprint density at radius 3 is 2.21 bits per heavy atom. The number of benzene rings is 2. The summed E-state index contributed by atoms with van der Waals surface area (Å²) < 4.78 is 28.3. The third-order valence-electron chi connectivity index (χ3n) is 5.55. The molecular weight excluding hydrogens is 372 g/mol. The maximum atomic E-state index is 5.93. The van der Waals surface area contributed by atoms with E-state index in [4.69, 9.17) is 29.4 Å². The van der Waals surface area contributed by atoms with Crippen LogP contribution in [0.3, 0.4) is 0 Å². The predicted molar refractivity (Wildman–Crippen MR) is 110 cm³/mol. The first-order valence-corrected chi connectivity index (χ1v) is 9.86. The molecule has 4 rings (SSSR count). The molecule has 0 saturated carbocycles. The summed E-state index contributed by atoms with van der Waals surface area (Å²) in [7, 11) is 4.88. The minimum Gasteiger partial charge on any atom is -0.493 e. The van der Waals surface area contributed by atoms with Gasteiger partial charge in [-0.1, -0.05) is 0 Å². The van der Waals surface area contributed by atoms with Crippen LogP contribution in [0.25, 0.3) is 0 Å². The summed E-state index contributed by atoms with van der Waals surface area (Å²) in [5, 5.41) is 0. The Balaban J connectivity index is 1.86. The first kappa shape index (κ1) is 19.7. The molecule has 0 saturated heterocycles. The van der Waals surface area contributed by atoms with Gasteiger partial charge in [-0.25, -0.2) is 0 Å². The van der Waals surface area contributed by atoms with Crippen LogP contribution in [0.1, 0.15) is 22.7 Å². The molecule has 0 amide bonds. The minimum atomic E-state index is 0.00633. The molecule has 2 heterocycles. The molecule has 2 aromatic rings. The van der Waals surface area contributed by atoms with Crippen molar-refractivity contribution in [2.24, 2.45) is 5.73 Å². The van der Waals surface area contributed by atoms with Gasteiger partial charge in [0.2, 0.25) is 5.75 Å². The Bertz CT molecular complexity index is 861. The fourth-order valence-corrected chi connectivity index (χ4v) is 4.26. The third-order valence-corrected chi connectivity index (χ3v) is 5.55. The molecule has 1 atom stereocenters. The first-order chi connectivity index (χ1) is 14.2. The van der Waals surface area contributed by atoms with Crippen molar-refractivity contribution in [2.75, 3.05) is 54.2 Å². The van der Waals surface area contributed by atoms with Crippen LogP contribution < -0.4 is 29.4 Å². The van der Waals surface area contributed by atoms with Gasteiger partial charge in [-0.2, -0.15) is 0 Å². The van der Waals surface area contributed by atoms with Crippen LogP contribution in [-0.2, 0) is 6.42 Å². The van der Waals surface area contributed by atoms with Gasteiger partial charge in [0.15, 0.2) is 23.0 Å². The molecule has 2 aromatic carbocycles. The van der Waals surface area contributed by atoms with Crippen molar-refractivity contribution in [1.82, 2.24) is 4.90 Å². The van der Waals surface area contributed by atoms with E-state index in [1.54, 1.807) is 21.3 Å². The average molecular weight is 400 g/mol. The second-order valence-electron chi connectivity index (χ2n) is 7.13. The second-order valence-corrected chi connectivity index (χ2v) is 7.13. The number of hydrogen-bond donors (Lipinski definition) is 1. The molecule has 0 radical (unpaired) electrons. The highest BCUT2D eigenvalue weighted by molar-refractivity contribution is 5.58. The fraction of sp³-hybridized carbons (Fsp3) is 0.455. The molecule has 1 unspecified atom stereocenters. The van der Waals surface area contributed by atoms with Crippen molar-refractivity contribution < 1.29 is 23.7 Å². The minimum absolute atomic E-state index is 0.00633. The van der Waals surface area contributed by atoms with Gasteiger partial charge >= 0.3 is 0 Å². The zero-order valence-corrected chi connectivity index (χ0v) is 17.2. The summed E-state index contributed by atoms with van der Waals surface area (Å²) in [5.41, 5.74) is 9.46. The second kappa shape index (κ2) is 8.39. The van der Waals surface area contributed by atoms with Gasteiger partial charge in [-0.05, 0) is 47.4 Å². The summed E-state index contributed by atoms with van der Waals surface area (Å²) in [6, 6.07) is 8.27. The molecule has 0 spiro atoms. The number of ether oxygens (including phenoxy) is 5. The SMILES string of the molecule is COc1cc(C2c3cc4c(cc3CCN2CCN)OCCO4)cc(OC)c1OC. The molecule has 2 aliphatic rings. The quantitative estimate of drug-likeness (QED) is 0.798. The van der Waals surface area contributed by atoms with Crippen molar-refractivity contribution in [3.05, 3.63) is 41.0 Å². The summed E-state index contributed by atoms with van der Waals surface area (Å²) in [4.78, 5) is 2.39. The van der Waals surface area contributed by atoms with E-state index in [1.165, 1.54) is 11.1 Å². The zero-order chi connectivity index (χ0) is 20.4. The average Bonchev–Trinajstić information content (AvgIpc) is 2.76. The highest BCUT2D eigenvalue weighted by atomic mass is 16.6. The normalized spacial score (nSPS) is 18.1. The molecular formula is C22H28N2O5. The van der Waals surface area contributed by atoms with Gasteiger partial charge in [0.05, 0.1) is 27.4 Å². The van der Waals surface area contributed by atoms with E-state index < -0.39 is 0 Å². The molecule has 7 nitrogen and oxygen atoms in total. The Labute approximate surface area is 171 Å². The Morgan fingerprint density at radius 2 is 1.62 bits per heavy atom. The first-order valence-electron chi connectivity index (χ1n) is 9.86. The number of nitrogens with zero attached hydrogens (tertiary/aromatic N) is 1. The van der Waals surface area contributed by atoms with Gasteiger partial charge in [-0.3, -0.25) is 4.90 Å². The van der Waals surface area contributed by atoms with E-state index in [-0.39, 0.29) is 6.04 Å². The number of methoxy groups -OCH3 is 3. The molecule has 29 heavy (non-hydrogen) atoms. The van der Waals surface area contributed by atoms with Gasteiger partial charge in [0.1, 0.15) is 13.2 Å². The Hall–Kier alpha value is -2.64. The summed E-state index contributed by atoms with van der Waals surface area (Å²) in [5.74, 6) is 3.48. The van der Waals surface area contributed by atoms with Crippen LogP contribution in [0.15, 0.2) is 24.3 Å². The van der Waals surface area contributed by atoms with E-state index in [2.05, 4.69) is 17.0 Å². The number of hydrogen-bond acceptors (Lipinski definition) is 7. The van der Waals surface area contributed by atoms with Gasteiger partial charge in [-0.15, -0.1) is 0 Å². The molecule has 156 valence electrons. The smallest absolute Gasteiger partial charge is 0.203 e. The highest BCUT2D eigenvalue weighted by Gasteiger charge is 2.32. The molecule has 7 heteroatoms. The van der Waals surface area contributed by atoms with Crippen LogP contribution in [0.5, 0.6) is 28.7 Å². The van der Waals surface area contributed by atoms with Crippen molar-refractivity contribution in [1.29, 1.82) is 0 Å². The van der Waals surface area contributed by atoms with Gasteiger partial charge in [0.25, 0.3) is 0 Å². The molecule has 0 fully saturated rings. The lowest BCUT2D eigenvalue weighted by Gasteiger charge is -2.38. The molecule has 0 aliphatic carbocycles. The fourth-order valence-electron chi connectivity index (χ4n) is 4.26. The van der Waals surface area contributed by atoms with E-state index in [0.29, 0.717) is 37.0 Å². The topological polar surface area (TPSA) is 75.4 Å². The van der Waals surface area contributed by atoms with Crippen molar-refractivity contribution in [3.63, 3.8) is 0 Å². The van der Waals surface area contributed by atoms with Crippen molar-refractivity contribution in [2.45, 2.75) is 12.5 Å². The van der Waals surface area contributed by atoms with E-state index in [1.807, 2.05) is 12.1 Å². The number of nitrogens with two attached hydrogens (primary N) is 1. The predicted octanol–water partition coefficient (Wildman–Crippen LogP) is 2.39. The van der Waals surface area contributed by atoms with Crippen LogP contribution in [-0.4, -0.2) is 59.1 Å². The van der Waals surface area contributed by atoms with Crippen LogP contribution in [0.4, 0.5) is 0 Å². The lowest BCUT2D eigenvalue weighted by molar-refractivity contribution is 0.168. The number of fused-ring (bicyclic) bond motifs is 2. The molecule has 0 aromatic heterocycles. The van der Waals surface area contributed by atoms with E-state index in [0.717, 1.165) is 36.6 Å². The lowest BCUT2D eigenvalue weighted by Crippen LogP contribution is -2.39. The summed E-state index contributed by atoms with van der Waals surface area (Å²) in [6.07, 6.45) is 0.937. The maximum absolute atomic E-state index is 5.93. The molecule has 2 aliphatic heterocycles. The molecule has 0 bridgehead atoms. The Morgan fingerprint density at radius 1 is 0.966 bits per heavy atom. The lowest BCUT2D eigenvalue weighted by atomic mass is 9.87. The van der Waals surface area contributed by atoms with Crippen LogP contribution in [0, 0.1) is 0 Å². The van der Waals surface area contributed by atoms with Crippen LogP contribution in [0.2, 0.25) is 0 Å². The van der Waals surface area contributed by atoms with Gasteiger partial charge < -0.3 is 29.4 Å². The summed E-state index contributed by atoms with van der Waals surface area (Å²) >= 11 is 0. The highest BCUT2D eigenvalue weighted by Crippen LogP contribution is 2.46. The van der Waals surface area contributed by atoms with E-state index >= 15 is 0 Å². The van der Waals surface area contributed by atoms with Gasteiger partial charge in [0, 0.05) is 19.6 Å². The standard InChI is InChI=1S/C22H28N2O5/c1-25-19-11-15(12-20(26-2)22(19)27-3)21-16-13-18-17(28-8-9-29-18)10-14(16)4-6-24(21)7-5-23/h10-13,21H,4-9,23H2,1-3H3. The zero-order valence-electron chi connectivity index (χ0n) is 17.2. The maximum Gasteiger partial charge on any atom is 0.203 e. The number of rotatable bonds is 6.